The average molecular weight is 321 g/mol. The van der Waals surface area contributed by atoms with Crippen molar-refractivity contribution in [2.24, 2.45) is 0 Å². The molecule has 1 aromatic rings. The Bertz CT molecular complexity index is 499. The lowest BCUT2D eigenvalue weighted by Gasteiger charge is -2.34. The summed E-state index contributed by atoms with van der Waals surface area (Å²) >= 11 is 0. The van der Waals surface area contributed by atoms with Gasteiger partial charge in [-0.1, -0.05) is 12.1 Å². The largest absolute Gasteiger partial charge is 0.445 e. The molecule has 0 saturated carbocycles. The first-order valence-electron chi connectivity index (χ1n) is 7.92. The van der Waals surface area contributed by atoms with E-state index in [1.165, 1.54) is 12.1 Å². The minimum atomic E-state index is -0.329. The number of hydrogen-bond donors (Lipinski definition) is 0. The normalized spacial score (nSPS) is 15.4. The zero-order chi connectivity index (χ0) is 16.5. The molecule has 125 valence electrons. The van der Waals surface area contributed by atoms with E-state index in [4.69, 9.17) is 4.74 Å². The molecule has 0 atom stereocenters. The van der Waals surface area contributed by atoms with Crippen molar-refractivity contribution in [2.45, 2.75) is 25.9 Å². The lowest BCUT2D eigenvalue weighted by Crippen LogP contribution is -2.48. The smallest absolute Gasteiger partial charge is 0.410 e. The van der Waals surface area contributed by atoms with E-state index >= 15 is 0 Å². The molecule has 0 bridgehead atoms. The predicted octanol–water partition coefficient (Wildman–Crippen LogP) is 2.36. The Hall–Kier alpha value is -1.95. The molecule has 1 saturated heterocycles. The third-order valence-electron chi connectivity index (χ3n) is 3.91. The van der Waals surface area contributed by atoms with E-state index in [0.717, 1.165) is 38.0 Å². The number of halogens is 1. The van der Waals surface area contributed by atoms with Crippen LogP contribution in [0.25, 0.3) is 0 Å². The van der Waals surface area contributed by atoms with Crippen LogP contribution in [-0.4, -0.2) is 54.9 Å². The first kappa shape index (κ1) is 17.4. The summed E-state index contributed by atoms with van der Waals surface area (Å²) < 4.78 is 18.1. The molecule has 0 aliphatic carbocycles. The van der Waals surface area contributed by atoms with Gasteiger partial charge in [0.15, 0.2) is 6.29 Å². The van der Waals surface area contributed by atoms with Gasteiger partial charge < -0.3 is 9.64 Å². The average Bonchev–Trinajstić information content (AvgIpc) is 2.58. The molecule has 1 aliphatic rings. The molecular weight excluding hydrogens is 299 g/mol. The van der Waals surface area contributed by atoms with Crippen LogP contribution in [0.2, 0.25) is 0 Å². The van der Waals surface area contributed by atoms with Gasteiger partial charge in [-0.25, -0.2) is 9.18 Å². The number of piperazine rings is 1. The van der Waals surface area contributed by atoms with Crippen LogP contribution in [0.15, 0.2) is 24.3 Å². The van der Waals surface area contributed by atoms with Gasteiger partial charge in [-0.05, 0) is 37.1 Å². The third-order valence-corrected chi connectivity index (χ3v) is 3.91. The van der Waals surface area contributed by atoms with Crippen molar-refractivity contribution in [3.63, 3.8) is 0 Å². The highest BCUT2D eigenvalue weighted by molar-refractivity contribution is 5.67. The second-order valence-corrected chi connectivity index (χ2v) is 5.61. The lowest BCUT2D eigenvalue weighted by atomic mass is 10.2. The molecule has 1 aromatic carbocycles. The molecule has 0 aromatic heterocycles. The maximum absolute atomic E-state index is 12.8. The van der Waals surface area contributed by atoms with Gasteiger partial charge in [0, 0.05) is 32.6 Å². The maximum Gasteiger partial charge on any atom is 0.410 e. The maximum atomic E-state index is 12.8. The van der Waals surface area contributed by atoms with Crippen molar-refractivity contribution in [2.75, 3.05) is 32.7 Å². The summed E-state index contributed by atoms with van der Waals surface area (Å²) in [4.78, 5) is 26.1. The number of amides is 1. The number of hydrogen-bond acceptors (Lipinski definition) is 4. The molecular formula is C17H22FN2O3. The van der Waals surface area contributed by atoms with Crippen LogP contribution in [-0.2, 0) is 16.1 Å². The van der Waals surface area contributed by atoms with Gasteiger partial charge in [-0.3, -0.25) is 9.69 Å². The third kappa shape index (κ3) is 5.98. The number of benzene rings is 1. The second-order valence-electron chi connectivity index (χ2n) is 5.61. The fourth-order valence-corrected chi connectivity index (χ4v) is 2.50. The van der Waals surface area contributed by atoms with Gasteiger partial charge in [0.1, 0.15) is 12.4 Å². The van der Waals surface area contributed by atoms with E-state index in [1.54, 1.807) is 17.0 Å². The van der Waals surface area contributed by atoms with Crippen LogP contribution in [0.3, 0.4) is 0 Å². The standard InChI is InChI=1S/C17H22FN2O3/c18-16-6-4-15(5-7-16)14-23-17(22)20-11-9-19(10-12-20)8-2-1-3-13-21/h4-7H,1-3,8-12,14H2. The quantitative estimate of drug-likeness (QED) is 0.724. The summed E-state index contributed by atoms with van der Waals surface area (Å²) in [5, 5.41) is 0. The van der Waals surface area contributed by atoms with Gasteiger partial charge in [-0.15, -0.1) is 0 Å². The highest BCUT2D eigenvalue weighted by Crippen LogP contribution is 2.09. The van der Waals surface area contributed by atoms with Crippen LogP contribution >= 0.6 is 0 Å². The Kier molecular flexibility index (Phi) is 7.00. The monoisotopic (exact) mass is 321 g/mol. The molecule has 23 heavy (non-hydrogen) atoms. The molecule has 1 heterocycles. The van der Waals surface area contributed by atoms with E-state index in [1.807, 2.05) is 6.29 Å². The Balaban J connectivity index is 1.65. The van der Waals surface area contributed by atoms with Crippen molar-refractivity contribution in [1.82, 2.24) is 9.80 Å². The van der Waals surface area contributed by atoms with E-state index in [9.17, 15) is 14.0 Å². The molecule has 5 nitrogen and oxygen atoms in total. The summed E-state index contributed by atoms with van der Waals surface area (Å²) in [6, 6.07) is 5.92. The molecule has 0 unspecified atom stereocenters. The van der Waals surface area contributed by atoms with Crippen molar-refractivity contribution < 1.29 is 18.7 Å². The van der Waals surface area contributed by atoms with E-state index in [0.29, 0.717) is 19.5 Å². The van der Waals surface area contributed by atoms with Gasteiger partial charge in [0.25, 0.3) is 0 Å². The van der Waals surface area contributed by atoms with Crippen molar-refractivity contribution in [3.8, 4) is 0 Å². The van der Waals surface area contributed by atoms with E-state index in [2.05, 4.69) is 4.90 Å². The second kappa shape index (κ2) is 9.25. The number of rotatable bonds is 7. The van der Waals surface area contributed by atoms with Crippen molar-refractivity contribution >= 4 is 12.4 Å². The summed E-state index contributed by atoms with van der Waals surface area (Å²) in [5.74, 6) is -0.303. The van der Waals surface area contributed by atoms with Gasteiger partial charge in [0.05, 0.1) is 0 Å². The Morgan fingerprint density at radius 3 is 2.48 bits per heavy atom. The van der Waals surface area contributed by atoms with Gasteiger partial charge >= 0.3 is 6.09 Å². The molecule has 1 aliphatic heterocycles. The van der Waals surface area contributed by atoms with E-state index in [-0.39, 0.29) is 18.5 Å². The molecule has 6 heteroatoms. The number of ether oxygens (including phenoxy) is 1. The molecule has 1 radical (unpaired) electrons. The Morgan fingerprint density at radius 1 is 1.13 bits per heavy atom. The Labute approximate surface area is 136 Å². The zero-order valence-electron chi connectivity index (χ0n) is 13.2. The van der Waals surface area contributed by atoms with Crippen LogP contribution in [0.1, 0.15) is 24.8 Å². The lowest BCUT2D eigenvalue weighted by molar-refractivity contribution is 0.0713. The Morgan fingerprint density at radius 2 is 1.83 bits per heavy atom. The molecule has 0 N–H and O–H groups in total. The van der Waals surface area contributed by atoms with Crippen LogP contribution in [0, 0.1) is 5.82 Å². The van der Waals surface area contributed by atoms with Gasteiger partial charge in [0.2, 0.25) is 0 Å². The number of carbonyl (C=O) groups excluding carboxylic acids is 2. The first-order chi connectivity index (χ1) is 11.2. The highest BCUT2D eigenvalue weighted by Gasteiger charge is 2.21. The number of nitrogens with zero attached hydrogens (tertiary/aromatic N) is 2. The summed E-state index contributed by atoms with van der Waals surface area (Å²) in [6.45, 7) is 4.01. The first-order valence-corrected chi connectivity index (χ1v) is 7.92. The van der Waals surface area contributed by atoms with Crippen LogP contribution < -0.4 is 0 Å². The van der Waals surface area contributed by atoms with Gasteiger partial charge in [-0.2, -0.15) is 0 Å². The minimum Gasteiger partial charge on any atom is -0.445 e. The summed E-state index contributed by atoms with van der Waals surface area (Å²) in [7, 11) is 0. The summed E-state index contributed by atoms with van der Waals surface area (Å²) in [6.07, 6.45) is 3.91. The van der Waals surface area contributed by atoms with Crippen molar-refractivity contribution in [1.29, 1.82) is 0 Å². The SMILES string of the molecule is O=[C]CCCCN1CCN(C(=O)OCc2ccc(F)cc2)CC1. The van der Waals surface area contributed by atoms with Crippen LogP contribution in [0.5, 0.6) is 0 Å². The number of unbranched alkanes of at least 4 members (excludes halogenated alkanes) is 2. The van der Waals surface area contributed by atoms with Crippen LogP contribution in [0.4, 0.5) is 9.18 Å². The van der Waals surface area contributed by atoms with E-state index < -0.39 is 0 Å². The minimum absolute atomic E-state index is 0.154. The molecule has 1 amide bonds. The van der Waals surface area contributed by atoms with Crippen molar-refractivity contribution in [3.05, 3.63) is 35.6 Å². The zero-order valence-corrected chi connectivity index (χ0v) is 13.2. The summed E-state index contributed by atoms with van der Waals surface area (Å²) in [5.41, 5.74) is 0.769. The predicted molar refractivity (Wildman–Crippen MR) is 84.1 cm³/mol. The molecule has 1 fully saturated rings. The fourth-order valence-electron chi connectivity index (χ4n) is 2.50. The highest BCUT2D eigenvalue weighted by atomic mass is 19.1. The molecule has 2 rings (SSSR count). The number of carbonyl (C=O) groups is 1. The molecule has 0 spiro atoms. The fraction of sp³-hybridized carbons (Fsp3) is 0.529. The topological polar surface area (TPSA) is 49.9 Å².